The highest BCUT2D eigenvalue weighted by Gasteiger charge is 2.20. The second kappa shape index (κ2) is 7.46. The van der Waals surface area contributed by atoms with E-state index in [9.17, 15) is 0 Å². The monoisotopic (exact) mass is 277 g/mol. The normalized spacial score (nSPS) is 13.6. The molecule has 0 spiro atoms. The number of rotatable bonds is 7. The topological polar surface area (TPSA) is 9.23 Å². The van der Waals surface area contributed by atoms with Crippen molar-refractivity contribution in [3.05, 3.63) is 29.8 Å². The van der Waals surface area contributed by atoms with Crippen LogP contribution in [0.4, 0.5) is 0 Å². The average molecular weight is 277 g/mol. The maximum absolute atomic E-state index is 5.78. The molecule has 0 saturated carbocycles. The molecule has 0 amide bonds. The first-order chi connectivity index (χ1) is 8.79. The van der Waals surface area contributed by atoms with Crippen molar-refractivity contribution in [1.29, 1.82) is 0 Å². The summed E-state index contributed by atoms with van der Waals surface area (Å²) in [5.74, 6) is 0.764. The highest BCUT2D eigenvalue weighted by atomic mass is 31.0. The Labute approximate surface area is 122 Å². The Bertz CT molecular complexity index is 367. The van der Waals surface area contributed by atoms with Crippen molar-refractivity contribution in [2.45, 2.75) is 58.7 Å². The van der Waals surface area contributed by atoms with Gasteiger partial charge in [0, 0.05) is 11.3 Å². The van der Waals surface area contributed by atoms with Gasteiger partial charge in [-0.15, -0.1) is 9.24 Å². The zero-order valence-corrected chi connectivity index (χ0v) is 14.1. The van der Waals surface area contributed by atoms with Crippen LogP contribution in [0.1, 0.15) is 46.6 Å². The summed E-state index contributed by atoms with van der Waals surface area (Å²) in [7, 11) is 4.69. The van der Waals surface area contributed by atoms with Crippen LogP contribution in [-0.2, 0) is 11.1 Å². The molecule has 3 heteroatoms. The van der Waals surface area contributed by atoms with E-state index in [1.807, 2.05) is 7.48 Å². The summed E-state index contributed by atoms with van der Waals surface area (Å²) < 4.78 is 5.78. The summed E-state index contributed by atoms with van der Waals surface area (Å²) >= 11 is 0. The summed E-state index contributed by atoms with van der Waals surface area (Å²) in [5, 5.41) is 0.0910. The molecule has 0 fully saturated rings. The number of aryl methyl sites for hydroxylation is 1. The Hall–Kier alpha value is -0.325. The van der Waals surface area contributed by atoms with Crippen LogP contribution in [0.15, 0.2) is 24.3 Å². The number of benzene rings is 1. The molecule has 1 aromatic rings. The van der Waals surface area contributed by atoms with Crippen molar-refractivity contribution in [2.75, 3.05) is 0 Å². The van der Waals surface area contributed by atoms with Crippen molar-refractivity contribution in [3.63, 3.8) is 0 Å². The molecule has 0 aliphatic rings. The fraction of sp³-hybridized carbons (Fsp3) is 0.625. The van der Waals surface area contributed by atoms with Crippen molar-refractivity contribution >= 4 is 22.2 Å². The van der Waals surface area contributed by atoms with E-state index < -0.39 is 0 Å². The molecular formula is C16H27BOP. The minimum absolute atomic E-state index is 0.0910. The molecule has 2 unspecified atom stereocenters. The summed E-state index contributed by atoms with van der Waals surface area (Å²) in [5.41, 5.74) is 2.54. The van der Waals surface area contributed by atoms with Crippen LogP contribution < -0.4 is 5.46 Å². The third-order valence-electron chi connectivity index (χ3n) is 3.45. The fourth-order valence-electron chi connectivity index (χ4n) is 1.57. The average Bonchev–Trinajstić information content (AvgIpc) is 2.33. The van der Waals surface area contributed by atoms with E-state index in [0.717, 1.165) is 17.8 Å². The third-order valence-corrected chi connectivity index (χ3v) is 3.92. The van der Waals surface area contributed by atoms with Gasteiger partial charge in [-0.1, -0.05) is 57.4 Å². The first-order valence-electron chi connectivity index (χ1n) is 7.15. The lowest BCUT2D eigenvalue weighted by molar-refractivity contribution is 0.200. The van der Waals surface area contributed by atoms with Crippen LogP contribution in [0.2, 0.25) is 0 Å². The molecular weight excluding hydrogens is 250 g/mol. The first kappa shape index (κ1) is 16.7. The van der Waals surface area contributed by atoms with Crippen LogP contribution >= 0.6 is 9.24 Å². The van der Waals surface area contributed by atoms with Gasteiger partial charge in [-0.25, -0.2) is 0 Å². The molecule has 19 heavy (non-hydrogen) atoms. The smallest absolute Gasteiger partial charge is 0.330 e. The largest absolute Gasteiger partial charge is 0.431 e. The van der Waals surface area contributed by atoms with Gasteiger partial charge in [0.25, 0.3) is 0 Å². The summed E-state index contributed by atoms with van der Waals surface area (Å²) in [6.45, 7) is 10.9. The molecule has 1 aromatic carbocycles. The Morgan fingerprint density at radius 2 is 1.74 bits per heavy atom. The van der Waals surface area contributed by atoms with Crippen molar-refractivity contribution < 1.29 is 4.65 Å². The molecule has 0 aliphatic carbocycles. The predicted octanol–water partition coefficient (Wildman–Crippen LogP) is 3.58. The minimum atomic E-state index is 0.0910. The third kappa shape index (κ3) is 6.59. The molecule has 0 heterocycles. The van der Waals surface area contributed by atoms with Crippen molar-refractivity contribution in [3.8, 4) is 0 Å². The molecule has 2 atom stereocenters. The van der Waals surface area contributed by atoms with Gasteiger partial charge in [-0.2, -0.15) is 0 Å². The maximum Gasteiger partial charge on any atom is 0.330 e. The van der Waals surface area contributed by atoms with Crippen LogP contribution in [-0.4, -0.2) is 18.7 Å². The molecule has 0 bridgehead atoms. The van der Waals surface area contributed by atoms with E-state index in [2.05, 4.69) is 68.1 Å². The van der Waals surface area contributed by atoms with E-state index in [1.54, 1.807) is 0 Å². The van der Waals surface area contributed by atoms with Crippen LogP contribution in [0.25, 0.3) is 0 Å². The molecule has 1 nitrogen and oxygen atoms in total. The van der Waals surface area contributed by atoms with Gasteiger partial charge in [0.05, 0.1) is 0 Å². The van der Waals surface area contributed by atoms with E-state index in [4.69, 9.17) is 4.65 Å². The fourth-order valence-corrected chi connectivity index (χ4v) is 1.65. The van der Waals surface area contributed by atoms with Gasteiger partial charge in [0.15, 0.2) is 0 Å². The Morgan fingerprint density at radius 1 is 1.16 bits per heavy atom. The zero-order chi connectivity index (χ0) is 14.5. The number of hydrogen-bond donors (Lipinski definition) is 0. The highest BCUT2D eigenvalue weighted by Crippen LogP contribution is 2.22. The van der Waals surface area contributed by atoms with Crippen molar-refractivity contribution in [2.24, 2.45) is 5.92 Å². The van der Waals surface area contributed by atoms with Crippen LogP contribution in [0.3, 0.4) is 0 Å². The lowest BCUT2D eigenvalue weighted by atomic mass is 9.86. The van der Waals surface area contributed by atoms with Crippen LogP contribution in [0.5, 0.6) is 0 Å². The summed E-state index contributed by atoms with van der Waals surface area (Å²) in [6.07, 6.45) is 2.59. The molecule has 1 radical (unpaired) electrons. The second-order valence-electron chi connectivity index (χ2n) is 6.39. The van der Waals surface area contributed by atoms with Crippen molar-refractivity contribution in [1.82, 2.24) is 0 Å². The van der Waals surface area contributed by atoms with Crippen LogP contribution in [0, 0.1) is 5.92 Å². The zero-order valence-electron chi connectivity index (χ0n) is 12.9. The Kier molecular flexibility index (Phi) is 6.56. The molecule has 0 saturated heterocycles. The first-order valence-corrected chi connectivity index (χ1v) is 7.73. The maximum atomic E-state index is 5.78. The summed E-state index contributed by atoms with van der Waals surface area (Å²) in [4.78, 5) is 0. The van der Waals surface area contributed by atoms with E-state index in [-0.39, 0.29) is 11.3 Å². The molecule has 105 valence electrons. The standard InChI is InChI=1S/C16H27BOP/c1-12(2)6-7-14-8-10-15(11-9-14)17-18-13(3)16(4,5)19/h8-13H,6-7,19H2,1-5H3. The lowest BCUT2D eigenvalue weighted by Crippen LogP contribution is -2.33. The minimum Gasteiger partial charge on any atom is -0.431 e. The van der Waals surface area contributed by atoms with E-state index in [1.165, 1.54) is 12.0 Å². The number of hydrogen-bond acceptors (Lipinski definition) is 1. The molecule has 0 aromatic heterocycles. The van der Waals surface area contributed by atoms with Gasteiger partial charge in [-0.05, 0) is 31.2 Å². The Balaban J connectivity index is 2.44. The second-order valence-corrected chi connectivity index (χ2v) is 7.88. The summed E-state index contributed by atoms with van der Waals surface area (Å²) in [6, 6.07) is 8.68. The lowest BCUT2D eigenvalue weighted by Gasteiger charge is -2.27. The molecule has 0 aliphatic heterocycles. The van der Waals surface area contributed by atoms with E-state index in [0.29, 0.717) is 0 Å². The van der Waals surface area contributed by atoms with Gasteiger partial charge in [-0.3, -0.25) is 0 Å². The predicted molar refractivity (Wildman–Crippen MR) is 89.3 cm³/mol. The van der Waals surface area contributed by atoms with Gasteiger partial charge >= 0.3 is 7.48 Å². The molecule has 1 rings (SSSR count). The van der Waals surface area contributed by atoms with Gasteiger partial charge in [0.1, 0.15) is 0 Å². The highest BCUT2D eigenvalue weighted by molar-refractivity contribution is 7.19. The Morgan fingerprint density at radius 3 is 2.21 bits per heavy atom. The quantitative estimate of drug-likeness (QED) is 0.547. The van der Waals surface area contributed by atoms with Gasteiger partial charge < -0.3 is 4.65 Å². The van der Waals surface area contributed by atoms with Gasteiger partial charge in [0.2, 0.25) is 0 Å². The molecule has 0 N–H and O–H groups in total. The SMILES string of the molecule is CC(C)CCc1ccc([B]OC(C)C(C)(C)P)cc1. The van der Waals surface area contributed by atoms with E-state index >= 15 is 0 Å².